The van der Waals surface area contributed by atoms with Crippen molar-refractivity contribution in [3.8, 4) is 0 Å². The Morgan fingerprint density at radius 2 is 1.56 bits per heavy atom. The molecule has 2 rings (SSSR count). The fourth-order valence-electron chi connectivity index (χ4n) is 1.38. The zero-order valence-corrected chi connectivity index (χ0v) is 8.54. The highest BCUT2D eigenvalue weighted by Crippen LogP contribution is 2.20. The van der Waals surface area contributed by atoms with Crippen molar-refractivity contribution in [3.63, 3.8) is 0 Å². The van der Waals surface area contributed by atoms with Gasteiger partial charge in [0, 0.05) is 23.6 Å². The molecule has 0 spiro atoms. The van der Waals surface area contributed by atoms with Crippen LogP contribution in [0.25, 0.3) is 0 Å². The van der Waals surface area contributed by atoms with Gasteiger partial charge in [0.15, 0.2) is 0 Å². The smallest absolute Gasteiger partial charge is 0.272 e. The second-order valence-electron chi connectivity index (χ2n) is 3.40. The SMILES string of the molecule is OC(O)(Nc1ccccc1)c1ccncc1. The second-order valence-corrected chi connectivity index (χ2v) is 3.40. The van der Waals surface area contributed by atoms with Gasteiger partial charge in [0.2, 0.25) is 0 Å². The fraction of sp³-hybridized carbons (Fsp3) is 0.0833. The van der Waals surface area contributed by atoms with Crippen LogP contribution in [-0.2, 0) is 5.91 Å². The first-order valence-corrected chi connectivity index (χ1v) is 4.87. The minimum absolute atomic E-state index is 0.339. The number of para-hydroxylation sites is 1. The highest BCUT2D eigenvalue weighted by atomic mass is 16.5. The van der Waals surface area contributed by atoms with Crippen molar-refractivity contribution in [2.75, 3.05) is 5.32 Å². The van der Waals surface area contributed by atoms with Gasteiger partial charge in [-0.15, -0.1) is 0 Å². The van der Waals surface area contributed by atoms with Crippen molar-refractivity contribution in [2.45, 2.75) is 5.91 Å². The molecule has 0 aliphatic heterocycles. The summed E-state index contributed by atoms with van der Waals surface area (Å²) in [6.07, 6.45) is 3.01. The van der Waals surface area contributed by atoms with Gasteiger partial charge in [-0.1, -0.05) is 18.2 Å². The summed E-state index contributed by atoms with van der Waals surface area (Å²) in [5, 5.41) is 22.3. The molecular weight excluding hydrogens is 204 g/mol. The van der Waals surface area contributed by atoms with Crippen molar-refractivity contribution in [1.29, 1.82) is 0 Å². The molecule has 0 radical (unpaired) electrons. The normalized spacial score (nSPS) is 11.1. The third-order valence-electron chi connectivity index (χ3n) is 2.18. The lowest BCUT2D eigenvalue weighted by molar-refractivity contribution is -0.143. The predicted octanol–water partition coefficient (Wildman–Crippen LogP) is 1.29. The summed E-state index contributed by atoms with van der Waals surface area (Å²) in [5.41, 5.74) is 0.968. The van der Waals surface area contributed by atoms with E-state index in [1.807, 2.05) is 18.2 Å². The summed E-state index contributed by atoms with van der Waals surface area (Å²) in [5.74, 6) is -2.09. The lowest BCUT2D eigenvalue weighted by Gasteiger charge is -2.24. The first kappa shape index (κ1) is 10.6. The van der Waals surface area contributed by atoms with Crippen LogP contribution in [0, 0.1) is 0 Å². The largest absolute Gasteiger partial charge is 0.345 e. The standard InChI is InChI=1S/C12H12N2O2/c15-12(16,10-6-8-13-9-7-10)14-11-4-2-1-3-5-11/h1-9,14-16H. The van der Waals surface area contributed by atoms with Crippen LogP contribution in [-0.4, -0.2) is 15.2 Å². The zero-order valence-electron chi connectivity index (χ0n) is 8.54. The molecule has 0 fully saturated rings. The summed E-state index contributed by atoms with van der Waals surface area (Å²) >= 11 is 0. The summed E-state index contributed by atoms with van der Waals surface area (Å²) < 4.78 is 0. The van der Waals surface area contributed by atoms with E-state index >= 15 is 0 Å². The fourth-order valence-corrected chi connectivity index (χ4v) is 1.38. The van der Waals surface area contributed by atoms with Gasteiger partial charge in [-0.25, -0.2) is 0 Å². The molecule has 4 heteroatoms. The molecule has 0 saturated carbocycles. The summed E-state index contributed by atoms with van der Waals surface area (Å²) in [4.78, 5) is 3.82. The molecule has 82 valence electrons. The predicted molar refractivity (Wildman–Crippen MR) is 60.4 cm³/mol. The Hall–Kier alpha value is -1.91. The van der Waals surface area contributed by atoms with E-state index in [1.165, 1.54) is 24.5 Å². The number of hydrogen-bond donors (Lipinski definition) is 3. The molecule has 1 heterocycles. The van der Waals surface area contributed by atoms with Gasteiger partial charge in [-0.3, -0.25) is 4.98 Å². The zero-order chi connectivity index (χ0) is 11.4. The number of nitrogens with one attached hydrogen (secondary N) is 1. The minimum Gasteiger partial charge on any atom is -0.345 e. The van der Waals surface area contributed by atoms with Crippen LogP contribution in [0.1, 0.15) is 5.56 Å². The van der Waals surface area contributed by atoms with E-state index in [-0.39, 0.29) is 0 Å². The van der Waals surface area contributed by atoms with Gasteiger partial charge in [0.05, 0.1) is 0 Å². The molecule has 3 N–H and O–H groups in total. The summed E-state index contributed by atoms with van der Waals surface area (Å²) in [6.45, 7) is 0. The Bertz CT molecular complexity index is 443. The maximum atomic E-state index is 9.86. The van der Waals surface area contributed by atoms with Crippen molar-refractivity contribution in [1.82, 2.24) is 4.98 Å². The summed E-state index contributed by atoms with van der Waals surface area (Å²) in [6, 6.07) is 12.1. The van der Waals surface area contributed by atoms with Gasteiger partial charge in [0.1, 0.15) is 0 Å². The van der Waals surface area contributed by atoms with Crippen LogP contribution < -0.4 is 5.32 Å². The molecule has 0 saturated heterocycles. The molecule has 0 aliphatic carbocycles. The number of nitrogens with zero attached hydrogens (tertiary/aromatic N) is 1. The Morgan fingerprint density at radius 1 is 0.938 bits per heavy atom. The van der Waals surface area contributed by atoms with E-state index in [0.29, 0.717) is 11.3 Å². The van der Waals surface area contributed by atoms with Crippen LogP contribution in [0.2, 0.25) is 0 Å². The Labute approximate surface area is 93.2 Å². The lowest BCUT2D eigenvalue weighted by atomic mass is 10.2. The molecule has 4 nitrogen and oxygen atoms in total. The quantitative estimate of drug-likeness (QED) is 0.676. The van der Waals surface area contributed by atoms with E-state index in [9.17, 15) is 10.2 Å². The third kappa shape index (κ3) is 2.36. The molecular formula is C12H12N2O2. The third-order valence-corrected chi connectivity index (χ3v) is 2.18. The number of pyridine rings is 1. The number of rotatable bonds is 3. The highest BCUT2D eigenvalue weighted by molar-refractivity contribution is 5.45. The van der Waals surface area contributed by atoms with Gasteiger partial charge < -0.3 is 15.5 Å². The van der Waals surface area contributed by atoms with Gasteiger partial charge in [-0.05, 0) is 24.3 Å². The number of aliphatic hydroxyl groups is 2. The van der Waals surface area contributed by atoms with Crippen LogP contribution in [0.4, 0.5) is 5.69 Å². The Morgan fingerprint density at radius 3 is 2.19 bits per heavy atom. The van der Waals surface area contributed by atoms with Crippen molar-refractivity contribution in [2.24, 2.45) is 0 Å². The van der Waals surface area contributed by atoms with Crippen LogP contribution in [0.5, 0.6) is 0 Å². The van der Waals surface area contributed by atoms with Crippen LogP contribution in [0.15, 0.2) is 54.9 Å². The van der Waals surface area contributed by atoms with E-state index in [1.54, 1.807) is 12.1 Å². The second kappa shape index (κ2) is 4.30. The topological polar surface area (TPSA) is 65.4 Å². The number of anilines is 1. The number of hydrogen-bond acceptors (Lipinski definition) is 4. The lowest BCUT2D eigenvalue weighted by Crippen LogP contribution is -2.34. The van der Waals surface area contributed by atoms with Crippen molar-refractivity contribution < 1.29 is 10.2 Å². The van der Waals surface area contributed by atoms with Gasteiger partial charge in [-0.2, -0.15) is 0 Å². The monoisotopic (exact) mass is 216 g/mol. The molecule has 1 aromatic carbocycles. The average Bonchev–Trinajstić information content (AvgIpc) is 2.31. The first-order chi connectivity index (χ1) is 7.68. The first-order valence-electron chi connectivity index (χ1n) is 4.87. The minimum atomic E-state index is -2.09. The average molecular weight is 216 g/mol. The molecule has 2 aromatic rings. The molecule has 1 aromatic heterocycles. The number of benzene rings is 1. The maximum Gasteiger partial charge on any atom is 0.272 e. The maximum absolute atomic E-state index is 9.86. The van der Waals surface area contributed by atoms with Crippen LogP contribution in [0.3, 0.4) is 0 Å². The molecule has 0 aliphatic rings. The molecule has 0 bridgehead atoms. The molecule has 16 heavy (non-hydrogen) atoms. The number of aromatic nitrogens is 1. The van der Waals surface area contributed by atoms with E-state index in [0.717, 1.165) is 0 Å². The Balaban J connectivity index is 2.21. The summed E-state index contributed by atoms with van der Waals surface area (Å²) in [7, 11) is 0. The van der Waals surface area contributed by atoms with Gasteiger partial charge in [0.25, 0.3) is 5.91 Å². The van der Waals surface area contributed by atoms with E-state index in [2.05, 4.69) is 10.3 Å². The van der Waals surface area contributed by atoms with Crippen molar-refractivity contribution in [3.05, 3.63) is 60.4 Å². The Kier molecular flexibility index (Phi) is 2.85. The molecule has 0 atom stereocenters. The molecule has 0 unspecified atom stereocenters. The van der Waals surface area contributed by atoms with Crippen molar-refractivity contribution >= 4 is 5.69 Å². The van der Waals surface area contributed by atoms with E-state index in [4.69, 9.17) is 0 Å². The van der Waals surface area contributed by atoms with Gasteiger partial charge >= 0.3 is 0 Å². The molecule has 0 amide bonds. The highest BCUT2D eigenvalue weighted by Gasteiger charge is 2.25. The van der Waals surface area contributed by atoms with E-state index < -0.39 is 5.91 Å². The van der Waals surface area contributed by atoms with Crippen LogP contribution >= 0.6 is 0 Å².